The molecule has 1 aromatic heterocycles. The number of hydrogen-bond acceptors (Lipinski definition) is 6. The monoisotopic (exact) mass is 434 g/mol. The molecule has 2 aromatic carbocycles. The predicted molar refractivity (Wildman–Crippen MR) is 121 cm³/mol. The highest BCUT2D eigenvalue weighted by Crippen LogP contribution is 2.22. The Hall–Kier alpha value is -3.59. The molecule has 4 rings (SSSR count). The van der Waals surface area contributed by atoms with Crippen molar-refractivity contribution in [3.63, 3.8) is 0 Å². The van der Waals surface area contributed by atoms with Crippen molar-refractivity contribution in [3.8, 4) is 0 Å². The summed E-state index contributed by atoms with van der Waals surface area (Å²) in [6.45, 7) is 2.27. The second-order valence-corrected chi connectivity index (χ2v) is 8.07. The first-order valence-electron chi connectivity index (χ1n) is 10.7. The van der Waals surface area contributed by atoms with E-state index in [1.54, 1.807) is 24.3 Å². The molecule has 3 N–H and O–H groups in total. The molecule has 1 aliphatic heterocycles. The molecule has 32 heavy (non-hydrogen) atoms. The van der Waals surface area contributed by atoms with E-state index in [0.717, 1.165) is 30.6 Å². The minimum Gasteiger partial charge on any atom is -0.369 e. The Morgan fingerprint density at radius 3 is 2.75 bits per heavy atom. The number of nitrogens with two attached hydrogens (primary N) is 1. The lowest BCUT2D eigenvalue weighted by atomic mass is 9.97. The molecule has 9 heteroatoms. The summed E-state index contributed by atoms with van der Waals surface area (Å²) in [5.41, 5.74) is 7.43. The van der Waals surface area contributed by atoms with E-state index in [2.05, 4.69) is 20.5 Å². The van der Waals surface area contributed by atoms with Crippen molar-refractivity contribution in [2.45, 2.75) is 32.4 Å². The van der Waals surface area contributed by atoms with E-state index in [-0.39, 0.29) is 36.3 Å². The van der Waals surface area contributed by atoms with E-state index in [0.29, 0.717) is 24.0 Å². The number of hydrogen-bond donors (Lipinski definition) is 2. The summed E-state index contributed by atoms with van der Waals surface area (Å²) in [7, 11) is 0. The SMILES string of the molecule is NC(=O)[C@H]1CCCN(Cc2ccccc2NC(=O)CCn2nnc3ccccc3c2=O)C1. The van der Waals surface area contributed by atoms with Gasteiger partial charge in [-0.2, -0.15) is 0 Å². The van der Waals surface area contributed by atoms with Crippen LogP contribution in [-0.4, -0.2) is 44.8 Å². The highest BCUT2D eigenvalue weighted by atomic mass is 16.2. The molecule has 0 unspecified atom stereocenters. The summed E-state index contributed by atoms with van der Waals surface area (Å²) in [6, 6.07) is 14.6. The number of carbonyl (C=O) groups is 2. The van der Waals surface area contributed by atoms with Gasteiger partial charge in [0.1, 0.15) is 5.52 Å². The average Bonchev–Trinajstić information content (AvgIpc) is 2.80. The number of benzene rings is 2. The van der Waals surface area contributed by atoms with Gasteiger partial charge in [-0.25, -0.2) is 4.68 Å². The van der Waals surface area contributed by atoms with Gasteiger partial charge < -0.3 is 11.1 Å². The van der Waals surface area contributed by atoms with Crippen LogP contribution < -0.4 is 16.6 Å². The van der Waals surface area contributed by atoms with Gasteiger partial charge in [-0.05, 0) is 43.1 Å². The van der Waals surface area contributed by atoms with Crippen molar-refractivity contribution in [3.05, 3.63) is 64.4 Å². The second kappa shape index (κ2) is 9.69. The molecule has 1 fully saturated rings. The number of rotatable bonds is 7. The first-order valence-corrected chi connectivity index (χ1v) is 10.7. The Morgan fingerprint density at radius 2 is 1.91 bits per heavy atom. The van der Waals surface area contributed by atoms with Crippen LogP contribution in [0.2, 0.25) is 0 Å². The number of anilines is 1. The van der Waals surface area contributed by atoms with Crippen molar-refractivity contribution >= 4 is 28.4 Å². The summed E-state index contributed by atoms with van der Waals surface area (Å²) < 4.78 is 1.21. The quantitative estimate of drug-likeness (QED) is 0.581. The van der Waals surface area contributed by atoms with E-state index in [4.69, 9.17) is 5.73 Å². The molecule has 2 amide bonds. The lowest BCUT2D eigenvalue weighted by Gasteiger charge is -2.31. The fourth-order valence-corrected chi connectivity index (χ4v) is 4.04. The average molecular weight is 435 g/mol. The van der Waals surface area contributed by atoms with E-state index in [9.17, 15) is 14.4 Å². The molecule has 1 saturated heterocycles. The highest BCUT2D eigenvalue weighted by molar-refractivity contribution is 5.91. The van der Waals surface area contributed by atoms with Crippen molar-refractivity contribution in [1.29, 1.82) is 0 Å². The van der Waals surface area contributed by atoms with Gasteiger partial charge in [0.2, 0.25) is 11.8 Å². The Kier molecular flexibility index (Phi) is 6.55. The number of nitrogens with zero attached hydrogens (tertiary/aromatic N) is 4. The van der Waals surface area contributed by atoms with Crippen LogP contribution >= 0.6 is 0 Å². The van der Waals surface area contributed by atoms with Crippen molar-refractivity contribution in [2.75, 3.05) is 18.4 Å². The standard InChI is InChI=1S/C23H26N6O3/c24-22(31)17-7-5-12-28(15-17)14-16-6-1-3-9-19(16)25-21(30)11-13-29-23(32)18-8-2-4-10-20(18)26-27-29/h1-4,6,8-10,17H,5,7,11-15H2,(H2,24,31)(H,25,30)/t17-/m0/s1. The molecule has 1 atom stereocenters. The maximum absolute atomic E-state index is 12.6. The summed E-state index contributed by atoms with van der Waals surface area (Å²) in [6.07, 6.45) is 1.83. The number of amides is 2. The number of piperidine rings is 1. The van der Waals surface area contributed by atoms with Gasteiger partial charge in [0.05, 0.1) is 17.8 Å². The van der Waals surface area contributed by atoms with Crippen LogP contribution in [-0.2, 0) is 22.7 Å². The number of nitrogens with one attached hydrogen (secondary N) is 1. The molecular formula is C23H26N6O3. The van der Waals surface area contributed by atoms with Crippen molar-refractivity contribution in [2.24, 2.45) is 11.7 Å². The maximum Gasteiger partial charge on any atom is 0.277 e. The molecule has 0 bridgehead atoms. The van der Waals surface area contributed by atoms with E-state index in [1.165, 1.54) is 4.68 Å². The number of para-hydroxylation sites is 1. The van der Waals surface area contributed by atoms with Gasteiger partial charge in [0.15, 0.2) is 0 Å². The van der Waals surface area contributed by atoms with E-state index in [1.807, 2.05) is 24.3 Å². The fourth-order valence-electron chi connectivity index (χ4n) is 4.04. The summed E-state index contributed by atoms with van der Waals surface area (Å²) in [5, 5.41) is 11.4. The number of likely N-dealkylation sites (tertiary alicyclic amines) is 1. The van der Waals surface area contributed by atoms with Gasteiger partial charge in [0, 0.05) is 25.2 Å². The third-order valence-electron chi connectivity index (χ3n) is 5.77. The summed E-state index contributed by atoms with van der Waals surface area (Å²) in [4.78, 5) is 38.9. The topological polar surface area (TPSA) is 123 Å². The van der Waals surface area contributed by atoms with Gasteiger partial charge >= 0.3 is 0 Å². The van der Waals surface area contributed by atoms with Crippen molar-refractivity contribution in [1.82, 2.24) is 19.9 Å². The van der Waals surface area contributed by atoms with E-state index < -0.39 is 0 Å². The van der Waals surface area contributed by atoms with Gasteiger partial charge in [0.25, 0.3) is 5.56 Å². The zero-order chi connectivity index (χ0) is 22.5. The Labute approximate surface area is 185 Å². The maximum atomic E-state index is 12.6. The number of aromatic nitrogens is 3. The summed E-state index contributed by atoms with van der Waals surface area (Å²) >= 11 is 0. The molecule has 2 heterocycles. The first kappa shape index (κ1) is 21.6. The summed E-state index contributed by atoms with van der Waals surface area (Å²) in [5.74, 6) is -0.608. The predicted octanol–water partition coefficient (Wildman–Crippen LogP) is 1.52. The van der Waals surface area contributed by atoms with Gasteiger partial charge in [-0.3, -0.25) is 19.3 Å². The molecule has 0 aliphatic carbocycles. The molecule has 0 radical (unpaired) electrons. The van der Waals surface area contributed by atoms with Crippen LogP contribution in [0, 0.1) is 5.92 Å². The molecule has 166 valence electrons. The highest BCUT2D eigenvalue weighted by Gasteiger charge is 2.24. The smallest absolute Gasteiger partial charge is 0.277 e. The third kappa shape index (κ3) is 5.00. The van der Waals surface area contributed by atoms with Gasteiger partial charge in [-0.1, -0.05) is 35.5 Å². The number of carbonyl (C=O) groups excluding carboxylic acids is 2. The normalized spacial score (nSPS) is 16.7. The van der Waals surface area contributed by atoms with Crippen LogP contribution in [0.15, 0.2) is 53.3 Å². The number of fused-ring (bicyclic) bond motifs is 1. The molecule has 9 nitrogen and oxygen atoms in total. The fraction of sp³-hybridized carbons (Fsp3) is 0.348. The molecule has 0 spiro atoms. The van der Waals surface area contributed by atoms with E-state index >= 15 is 0 Å². The molecule has 0 saturated carbocycles. The molecular weight excluding hydrogens is 408 g/mol. The number of aryl methyl sites for hydroxylation is 1. The largest absolute Gasteiger partial charge is 0.369 e. The minimum absolute atomic E-state index is 0.0920. The molecule has 3 aromatic rings. The van der Waals surface area contributed by atoms with Crippen LogP contribution in [0.5, 0.6) is 0 Å². The van der Waals surface area contributed by atoms with Crippen LogP contribution in [0.3, 0.4) is 0 Å². The second-order valence-electron chi connectivity index (χ2n) is 8.07. The Bertz CT molecular complexity index is 1190. The lowest BCUT2D eigenvalue weighted by Crippen LogP contribution is -2.40. The Balaban J connectivity index is 1.39. The zero-order valence-electron chi connectivity index (χ0n) is 17.7. The Morgan fingerprint density at radius 1 is 1.12 bits per heavy atom. The number of primary amides is 1. The van der Waals surface area contributed by atoms with Crippen LogP contribution in [0.1, 0.15) is 24.8 Å². The van der Waals surface area contributed by atoms with Crippen LogP contribution in [0.4, 0.5) is 5.69 Å². The third-order valence-corrected chi connectivity index (χ3v) is 5.77. The first-order chi connectivity index (χ1) is 15.5. The molecule has 1 aliphatic rings. The zero-order valence-corrected chi connectivity index (χ0v) is 17.7. The lowest BCUT2D eigenvalue weighted by molar-refractivity contribution is -0.123. The minimum atomic E-state index is -0.266. The van der Waals surface area contributed by atoms with Crippen molar-refractivity contribution < 1.29 is 9.59 Å². The van der Waals surface area contributed by atoms with Crippen LogP contribution in [0.25, 0.3) is 10.9 Å². The van der Waals surface area contributed by atoms with Gasteiger partial charge in [-0.15, -0.1) is 5.10 Å².